The molecular formula is C18H18ClNO2. The van der Waals surface area contributed by atoms with Crippen molar-refractivity contribution in [3.05, 3.63) is 70.7 Å². The molecule has 0 spiro atoms. The van der Waals surface area contributed by atoms with Crippen LogP contribution in [0, 0.1) is 0 Å². The highest BCUT2D eigenvalue weighted by Gasteiger charge is 2.26. The Hall–Kier alpha value is -1.84. The Bertz CT molecular complexity index is 627. The lowest BCUT2D eigenvalue weighted by Crippen LogP contribution is -2.44. The van der Waals surface area contributed by atoms with E-state index in [1.165, 1.54) is 5.56 Å². The van der Waals surface area contributed by atoms with Crippen molar-refractivity contribution in [3.8, 4) is 0 Å². The van der Waals surface area contributed by atoms with Gasteiger partial charge in [-0.2, -0.15) is 0 Å². The summed E-state index contributed by atoms with van der Waals surface area (Å²) in [4.78, 5) is 13.9. The quantitative estimate of drug-likeness (QED) is 0.864. The number of carbonyl (C=O) groups is 1. The molecule has 0 radical (unpaired) electrons. The molecule has 1 atom stereocenters. The molecule has 0 saturated carbocycles. The largest absolute Gasteiger partial charge is 0.362 e. The average Bonchev–Trinajstić information content (AvgIpc) is 2.56. The average molecular weight is 316 g/mol. The van der Waals surface area contributed by atoms with E-state index < -0.39 is 0 Å². The molecule has 0 bridgehead atoms. The third-order valence-corrected chi connectivity index (χ3v) is 4.15. The molecule has 0 N–H and O–H groups in total. The molecule has 0 aliphatic carbocycles. The molecule has 0 unspecified atom stereocenters. The number of benzene rings is 2. The maximum absolute atomic E-state index is 12.0. The molecule has 2 aromatic carbocycles. The highest BCUT2D eigenvalue weighted by Crippen LogP contribution is 2.24. The first-order valence-electron chi connectivity index (χ1n) is 7.41. The molecule has 1 aliphatic rings. The first-order valence-corrected chi connectivity index (χ1v) is 7.79. The maximum atomic E-state index is 12.0. The minimum absolute atomic E-state index is 0.0566. The van der Waals surface area contributed by atoms with E-state index in [0.717, 1.165) is 18.5 Å². The van der Waals surface area contributed by atoms with Crippen molar-refractivity contribution in [1.29, 1.82) is 0 Å². The fourth-order valence-electron chi connectivity index (χ4n) is 2.62. The molecule has 0 aromatic heterocycles. The van der Waals surface area contributed by atoms with Gasteiger partial charge in [0.1, 0.15) is 12.7 Å². The normalized spacial score (nSPS) is 18.5. The second kappa shape index (κ2) is 6.95. The summed E-state index contributed by atoms with van der Waals surface area (Å²) in [6, 6.07) is 17.8. The summed E-state index contributed by atoms with van der Waals surface area (Å²) in [6.07, 6.45) is 0.783. The lowest BCUT2D eigenvalue weighted by molar-refractivity contribution is -0.149. The third-order valence-electron chi connectivity index (χ3n) is 3.90. The summed E-state index contributed by atoms with van der Waals surface area (Å²) in [7, 11) is 0. The predicted octanol–water partition coefficient (Wildman–Crippen LogP) is 3.48. The smallest absolute Gasteiger partial charge is 0.248 e. The summed E-state index contributed by atoms with van der Waals surface area (Å²) in [5, 5.41) is 0.705. The number of hydrogen-bond acceptors (Lipinski definition) is 2. The zero-order chi connectivity index (χ0) is 15.4. The lowest BCUT2D eigenvalue weighted by atomic mass is 10.1. The van der Waals surface area contributed by atoms with Gasteiger partial charge in [-0.3, -0.25) is 4.79 Å². The highest BCUT2D eigenvalue weighted by molar-refractivity contribution is 6.30. The Morgan fingerprint density at radius 2 is 1.82 bits per heavy atom. The van der Waals surface area contributed by atoms with Crippen molar-refractivity contribution < 1.29 is 9.53 Å². The number of amides is 1. The Morgan fingerprint density at radius 1 is 1.09 bits per heavy atom. The van der Waals surface area contributed by atoms with Crippen LogP contribution in [0.1, 0.15) is 17.2 Å². The SMILES string of the molecule is O=C1CO[C@@H](c2ccc(Cl)cc2)CN1CCc1ccccc1. The minimum Gasteiger partial charge on any atom is -0.362 e. The molecule has 1 fully saturated rings. The first-order chi connectivity index (χ1) is 10.7. The summed E-state index contributed by atoms with van der Waals surface area (Å²) < 4.78 is 5.66. The van der Waals surface area contributed by atoms with Crippen molar-refractivity contribution in [2.45, 2.75) is 12.5 Å². The predicted molar refractivity (Wildman–Crippen MR) is 86.9 cm³/mol. The summed E-state index contributed by atoms with van der Waals surface area (Å²) in [5.74, 6) is 0.0566. The number of rotatable bonds is 4. The first kappa shape index (κ1) is 15.1. The van der Waals surface area contributed by atoms with Crippen LogP contribution in [0.3, 0.4) is 0 Å². The van der Waals surface area contributed by atoms with Crippen LogP contribution < -0.4 is 0 Å². The van der Waals surface area contributed by atoms with Crippen LogP contribution in [0.15, 0.2) is 54.6 Å². The maximum Gasteiger partial charge on any atom is 0.248 e. The molecule has 1 aliphatic heterocycles. The van der Waals surface area contributed by atoms with Crippen molar-refractivity contribution in [3.63, 3.8) is 0 Å². The van der Waals surface area contributed by atoms with Gasteiger partial charge in [-0.15, -0.1) is 0 Å². The number of halogens is 1. The molecule has 3 rings (SSSR count). The number of carbonyl (C=O) groups excluding carboxylic acids is 1. The zero-order valence-corrected chi connectivity index (χ0v) is 13.0. The molecule has 114 valence electrons. The van der Waals surface area contributed by atoms with Gasteiger partial charge < -0.3 is 9.64 Å². The van der Waals surface area contributed by atoms with Crippen LogP contribution in [0.4, 0.5) is 0 Å². The van der Waals surface area contributed by atoms with Gasteiger partial charge in [0, 0.05) is 11.6 Å². The Kier molecular flexibility index (Phi) is 4.76. The summed E-state index contributed by atoms with van der Waals surface area (Å²) >= 11 is 5.91. The van der Waals surface area contributed by atoms with Crippen LogP contribution in [-0.4, -0.2) is 30.5 Å². The van der Waals surface area contributed by atoms with E-state index in [9.17, 15) is 4.79 Å². The highest BCUT2D eigenvalue weighted by atomic mass is 35.5. The van der Waals surface area contributed by atoms with E-state index in [2.05, 4.69) is 12.1 Å². The second-order valence-electron chi connectivity index (χ2n) is 5.43. The topological polar surface area (TPSA) is 29.5 Å². The van der Waals surface area contributed by atoms with Crippen LogP contribution in [0.5, 0.6) is 0 Å². The molecule has 1 saturated heterocycles. The van der Waals surface area contributed by atoms with Gasteiger partial charge in [0.15, 0.2) is 0 Å². The van der Waals surface area contributed by atoms with Crippen molar-refractivity contribution in [2.24, 2.45) is 0 Å². The van der Waals surface area contributed by atoms with E-state index in [1.54, 1.807) is 0 Å². The number of nitrogens with zero attached hydrogens (tertiary/aromatic N) is 1. The van der Waals surface area contributed by atoms with Gasteiger partial charge in [-0.25, -0.2) is 0 Å². The fraction of sp³-hybridized carbons (Fsp3) is 0.278. The second-order valence-corrected chi connectivity index (χ2v) is 5.86. The molecule has 22 heavy (non-hydrogen) atoms. The van der Waals surface area contributed by atoms with Gasteiger partial charge >= 0.3 is 0 Å². The van der Waals surface area contributed by atoms with Crippen molar-refractivity contribution >= 4 is 17.5 Å². The standard InChI is InChI=1S/C18H18ClNO2/c19-16-8-6-15(7-9-16)17-12-20(18(21)13-22-17)11-10-14-4-2-1-3-5-14/h1-9,17H,10-13H2/t17-/m1/s1. The van der Waals surface area contributed by atoms with Crippen LogP contribution in [0.25, 0.3) is 0 Å². The van der Waals surface area contributed by atoms with E-state index in [1.807, 2.05) is 47.4 Å². The number of hydrogen-bond donors (Lipinski definition) is 0. The van der Waals surface area contributed by atoms with Crippen molar-refractivity contribution in [1.82, 2.24) is 4.90 Å². The van der Waals surface area contributed by atoms with Crippen LogP contribution >= 0.6 is 11.6 Å². The molecular weight excluding hydrogens is 298 g/mol. The van der Waals surface area contributed by atoms with Gasteiger partial charge in [-0.05, 0) is 29.7 Å². The lowest BCUT2D eigenvalue weighted by Gasteiger charge is -2.33. The fourth-order valence-corrected chi connectivity index (χ4v) is 2.75. The minimum atomic E-state index is -0.0780. The molecule has 1 amide bonds. The van der Waals surface area contributed by atoms with E-state index in [-0.39, 0.29) is 18.6 Å². The Balaban J connectivity index is 1.63. The van der Waals surface area contributed by atoms with Crippen LogP contribution in [-0.2, 0) is 16.0 Å². The van der Waals surface area contributed by atoms with Gasteiger partial charge in [-0.1, -0.05) is 54.1 Å². The number of ether oxygens (including phenoxy) is 1. The van der Waals surface area contributed by atoms with Gasteiger partial charge in [0.25, 0.3) is 0 Å². The Labute approximate surface area is 135 Å². The monoisotopic (exact) mass is 315 g/mol. The third kappa shape index (κ3) is 3.67. The summed E-state index contributed by atoms with van der Waals surface area (Å²) in [5.41, 5.74) is 2.30. The summed E-state index contributed by atoms with van der Waals surface area (Å²) in [6.45, 7) is 1.45. The Morgan fingerprint density at radius 3 is 2.55 bits per heavy atom. The molecule has 3 nitrogen and oxygen atoms in total. The van der Waals surface area contributed by atoms with Gasteiger partial charge in [0.2, 0.25) is 5.91 Å². The van der Waals surface area contributed by atoms with E-state index in [4.69, 9.17) is 16.3 Å². The number of morpholine rings is 1. The van der Waals surface area contributed by atoms with Crippen molar-refractivity contribution in [2.75, 3.05) is 19.7 Å². The zero-order valence-electron chi connectivity index (χ0n) is 12.2. The molecule has 4 heteroatoms. The van der Waals surface area contributed by atoms with E-state index in [0.29, 0.717) is 11.6 Å². The van der Waals surface area contributed by atoms with Crippen LogP contribution in [0.2, 0.25) is 5.02 Å². The van der Waals surface area contributed by atoms with E-state index >= 15 is 0 Å². The molecule has 2 aromatic rings. The molecule has 1 heterocycles. The van der Waals surface area contributed by atoms with Gasteiger partial charge in [0.05, 0.1) is 6.54 Å².